The largest absolute Gasteiger partial charge is 0.414 e. The second-order valence-electron chi connectivity index (χ2n) is 3.08. The fourth-order valence-electron chi connectivity index (χ4n) is 0.856. The Morgan fingerprint density at radius 2 is 1.80 bits per heavy atom. The summed E-state index contributed by atoms with van der Waals surface area (Å²) in [6, 6.07) is 2.93. The van der Waals surface area contributed by atoms with Gasteiger partial charge >= 0.3 is 6.09 Å². The predicted octanol–water partition coefficient (Wildman–Crippen LogP) is 2.64. The fourth-order valence-corrected chi connectivity index (χ4v) is 1.44. The lowest BCUT2D eigenvalue weighted by Gasteiger charge is -2.13. The summed E-state index contributed by atoms with van der Waals surface area (Å²) in [7, 11) is 3.11. The maximum atomic E-state index is 11.3. The van der Waals surface area contributed by atoms with Crippen LogP contribution in [0, 0.1) is 0 Å². The summed E-state index contributed by atoms with van der Waals surface area (Å²) in [6.45, 7) is 0. The lowest BCUT2D eigenvalue weighted by molar-refractivity contribution is 0.172. The molecule has 1 aromatic carbocycles. The second kappa shape index (κ2) is 4.59. The van der Waals surface area contributed by atoms with Gasteiger partial charge in [0.05, 0.1) is 10.0 Å². The molecule has 0 saturated heterocycles. The number of nitrogens with zero attached hydrogens (tertiary/aromatic N) is 1. The van der Waals surface area contributed by atoms with Crippen LogP contribution in [-0.2, 0) is 0 Å². The van der Waals surface area contributed by atoms with Crippen molar-refractivity contribution in [2.45, 2.75) is 0 Å². The van der Waals surface area contributed by atoms with E-state index in [0.717, 1.165) is 0 Å². The second-order valence-corrected chi connectivity index (χ2v) is 3.89. The van der Waals surface area contributed by atoms with Crippen LogP contribution in [-0.4, -0.2) is 25.1 Å². The minimum atomic E-state index is -0.552. The molecule has 1 aromatic rings. The Morgan fingerprint density at radius 1 is 1.33 bits per heavy atom. The van der Waals surface area contributed by atoms with E-state index in [0.29, 0.717) is 5.69 Å². The first-order chi connectivity index (χ1) is 6.91. The van der Waals surface area contributed by atoms with Crippen LogP contribution in [0.1, 0.15) is 0 Å². The molecule has 1 amide bonds. The SMILES string of the molecule is CN(C)C(=O)Oc1c(Cl)cc(N)cc1Cl. The zero-order valence-corrected chi connectivity index (χ0v) is 9.76. The highest BCUT2D eigenvalue weighted by Gasteiger charge is 2.14. The molecule has 0 aliphatic rings. The highest BCUT2D eigenvalue weighted by atomic mass is 35.5. The normalized spacial score (nSPS) is 9.87. The molecule has 2 N–H and O–H groups in total. The number of ether oxygens (including phenoxy) is 1. The summed E-state index contributed by atoms with van der Waals surface area (Å²) < 4.78 is 4.96. The molecular formula is C9H10Cl2N2O2. The number of hydrogen-bond acceptors (Lipinski definition) is 3. The van der Waals surface area contributed by atoms with Gasteiger partial charge in [0.15, 0.2) is 5.75 Å². The Kier molecular flexibility index (Phi) is 3.66. The van der Waals surface area contributed by atoms with Crippen molar-refractivity contribution < 1.29 is 9.53 Å². The molecule has 0 atom stereocenters. The van der Waals surface area contributed by atoms with Crippen molar-refractivity contribution in [3.63, 3.8) is 0 Å². The number of hydrogen-bond donors (Lipinski definition) is 1. The van der Waals surface area contributed by atoms with Crippen molar-refractivity contribution >= 4 is 35.0 Å². The summed E-state index contributed by atoms with van der Waals surface area (Å²) in [5.74, 6) is 0.117. The molecule has 0 aromatic heterocycles. The summed E-state index contributed by atoms with van der Waals surface area (Å²) in [5, 5.41) is 0.408. The van der Waals surface area contributed by atoms with Crippen LogP contribution in [0.2, 0.25) is 10.0 Å². The van der Waals surface area contributed by atoms with Gasteiger partial charge in [-0.2, -0.15) is 0 Å². The highest BCUT2D eigenvalue weighted by Crippen LogP contribution is 2.35. The van der Waals surface area contributed by atoms with Crippen molar-refractivity contribution in [2.24, 2.45) is 0 Å². The van der Waals surface area contributed by atoms with Crippen molar-refractivity contribution in [1.82, 2.24) is 4.90 Å². The van der Waals surface area contributed by atoms with Crippen molar-refractivity contribution in [3.8, 4) is 5.75 Å². The maximum Gasteiger partial charge on any atom is 0.414 e. The van der Waals surface area contributed by atoms with Crippen LogP contribution in [0.5, 0.6) is 5.75 Å². The van der Waals surface area contributed by atoms with Gasteiger partial charge in [0.25, 0.3) is 0 Å². The zero-order chi connectivity index (χ0) is 11.6. The minimum absolute atomic E-state index is 0.117. The Morgan fingerprint density at radius 3 is 2.20 bits per heavy atom. The Labute approximate surface area is 97.5 Å². The first-order valence-electron chi connectivity index (χ1n) is 4.05. The predicted molar refractivity (Wildman–Crippen MR) is 60.6 cm³/mol. The number of halogens is 2. The Balaban J connectivity index is 3.00. The van der Waals surface area contributed by atoms with E-state index >= 15 is 0 Å². The van der Waals surface area contributed by atoms with Gasteiger partial charge in [0.1, 0.15) is 0 Å². The van der Waals surface area contributed by atoms with E-state index in [4.69, 9.17) is 33.7 Å². The van der Waals surface area contributed by atoms with Crippen molar-refractivity contribution in [1.29, 1.82) is 0 Å². The molecule has 0 radical (unpaired) electrons. The molecule has 82 valence electrons. The van der Waals surface area contributed by atoms with Gasteiger partial charge in [-0.15, -0.1) is 0 Å². The van der Waals surface area contributed by atoms with Gasteiger partial charge in [-0.25, -0.2) is 4.79 Å². The molecule has 0 fully saturated rings. The zero-order valence-electron chi connectivity index (χ0n) is 8.25. The Hall–Kier alpha value is -1.13. The number of benzene rings is 1. The van der Waals surface area contributed by atoms with Crippen molar-refractivity contribution in [2.75, 3.05) is 19.8 Å². The van der Waals surface area contributed by atoms with Crippen LogP contribution in [0.3, 0.4) is 0 Å². The molecule has 0 spiro atoms. The molecule has 1 rings (SSSR count). The van der Waals surface area contributed by atoms with E-state index in [2.05, 4.69) is 0 Å². The molecule has 0 aliphatic carbocycles. The molecule has 0 bridgehead atoms. The third-order valence-electron chi connectivity index (χ3n) is 1.58. The first kappa shape index (κ1) is 11.9. The molecule has 15 heavy (non-hydrogen) atoms. The number of amides is 1. The third-order valence-corrected chi connectivity index (χ3v) is 2.14. The van der Waals surface area contributed by atoms with E-state index in [1.54, 1.807) is 14.1 Å². The number of carbonyl (C=O) groups is 1. The molecule has 6 heteroatoms. The van der Waals surface area contributed by atoms with Crippen LogP contribution >= 0.6 is 23.2 Å². The lowest BCUT2D eigenvalue weighted by Crippen LogP contribution is -2.25. The molecular weight excluding hydrogens is 239 g/mol. The summed E-state index contributed by atoms with van der Waals surface area (Å²) in [4.78, 5) is 12.5. The molecule has 0 heterocycles. The van der Waals surface area contributed by atoms with Crippen LogP contribution in [0.4, 0.5) is 10.5 Å². The number of anilines is 1. The topological polar surface area (TPSA) is 55.6 Å². The van der Waals surface area contributed by atoms with E-state index in [1.807, 2.05) is 0 Å². The van der Waals surface area contributed by atoms with Crippen LogP contribution in [0.15, 0.2) is 12.1 Å². The van der Waals surface area contributed by atoms with E-state index in [9.17, 15) is 4.79 Å². The van der Waals surface area contributed by atoms with Gasteiger partial charge in [-0.3, -0.25) is 0 Å². The molecule has 0 aliphatic heterocycles. The monoisotopic (exact) mass is 248 g/mol. The smallest absolute Gasteiger partial charge is 0.407 e. The molecule has 4 nitrogen and oxygen atoms in total. The summed E-state index contributed by atoms with van der Waals surface area (Å²) >= 11 is 11.6. The van der Waals surface area contributed by atoms with Crippen LogP contribution in [0.25, 0.3) is 0 Å². The van der Waals surface area contributed by atoms with Crippen molar-refractivity contribution in [3.05, 3.63) is 22.2 Å². The summed E-state index contributed by atoms with van der Waals surface area (Å²) in [5.41, 5.74) is 5.91. The number of nitrogens with two attached hydrogens (primary N) is 1. The summed E-state index contributed by atoms with van der Waals surface area (Å²) in [6.07, 6.45) is -0.552. The van der Waals surface area contributed by atoms with Crippen LogP contribution < -0.4 is 10.5 Å². The third kappa shape index (κ3) is 2.91. The maximum absolute atomic E-state index is 11.3. The van der Waals surface area contributed by atoms with E-state index in [1.165, 1.54) is 17.0 Å². The van der Waals surface area contributed by atoms with Gasteiger partial charge in [-0.1, -0.05) is 23.2 Å². The minimum Gasteiger partial charge on any atom is -0.407 e. The average molecular weight is 249 g/mol. The van der Waals surface area contributed by atoms with Gasteiger partial charge < -0.3 is 15.4 Å². The molecule has 0 saturated carbocycles. The quantitative estimate of drug-likeness (QED) is 0.778. The Bertz CT molecular complexity index is 371. The van der Waals surface area contributed by atoms with E-state index in [-0.39, 0.29) is 15.8 Å². The fraction of sp³-hybridized carbons (Fsp3) is 0.222. The average Bonchev–Trinajstić information content (AvgIpc) is 2.10. The number of carbonyl (C=O) groups excluding carboxylic acids is 1. The van der Waals surface area contributed by atoms with Gasteiger partial charge in [-0.05, 0) is 12.1 Å². The standard InChI is InChI=1S/C9H10Cl2N2O2/c1-13(2)9(14)15-8-6(10)3-5(12)4-7(8)11/h3-4H,12H2,1-2H3. The number of rotatable bonds is 1. The lowest BCUT2D eigenvalue weighted by atomic mass is 10.3. The highest BCUT2D eigenvalue weighted by molar-refractivity contribution is 6.37. The van der Waals surface area contributed by atoms with E-state index < -0.39 is 6.09 Å². The van der Waals surface area contributed by atoms with Gasteiger partial charge in [0.2, 0.25) is 0 Å². The molecule has 0 unspecified atom stereocenters. The first-order valence-corrected chi connectivity index (χ1v) is 4.81. The number of nitrogen functional groups attached to an aromatic ring is 1. The van der Waals surface area contributed by atoms with Gasteiger partial charge in [0, 0.05) is 19.8 Å².